The number of hydrogen-bond donors (Lipinski definition) is 2. The first-order valence-electron chi connectivity index (χ1n) is 6.71. The van der Waals surface area contributed by atoms with E-state index in [1.165, 1.54) is 6.08 Å². The van der Waals surface area contributed by atoms with Gasteiger partial charge in [-0.25, -0.2) is 4.79 Å². The fourth-order valence-corrected chi connectivity index (χ4v) is 2.00. The highest BCUT2D eigenvalue weighted by molar-refractivity contribution is 6.31. The Hall–Kier alpha value is -2.53. The van der Waals surface area contributed by atoms with Gasteiger partial charge in [0.05, 0.1) is 23.7 Å². The van der Waals surface area contributed by atoms with Gasteiger partial charge in [-0.2, -0.15) is 0 Å². The summed E-state index contributed by atoms with van der Waals surface area (Å²) >= 11 is 5.89. The van der Waals surface area contributed by atoms with Gasteiger partial charge in [0.1, 0.15) is 0 Å². The number of nitrogens with one attached hydrogen (secondary N) is 1. The van der Waals surface area contributed by atoms with Crippen LogP contribution in [0.5, 0.6) is 0 Å². The topological polar surface area (TPSA) is 77.2 Å². The molecular weight excluding hydrogens is 302 g/mol. The lowest BCUT2D eigenvalue weighted by Crippen LogP contribution is -2.07. The van der Waals surface area contributed by atoms with Crippen LogP contribution in [0.4, 0.5) is 11.4 Å². The Morgan fingerprint density at radius 3 is 2.73 bits per heavy atom. The summed E-state index contributed by atoms with van der Waals surface area (Å²) in [6.07, 6.45) is 4.66. The molecule has 0 aliphatic rings. The molecule has 2 aromatic rings. The van der Waals surface area contributed by atoms with Crippen LogP contribution in [0, 0.1) is 0 Å². The zero-order valence-electron chi connectivity index (χ0n) is 12.0. The van der Waals surface area contributed by atoms with Crippen LogP contribution in [-0.4, -0.2) is 17.6 Å². The van der Waals surface area contributed by atoms with Crippen molar-refractivity contribution < 1.29 is 9.53 Å². The molecule has 3 N–H and O–H groups in total. The molecule has 0 unspecified atom stereocenters. The maximum atomic E-state index is 11.7. The predicted molar refractivity (Wildman–Crippen MR) is 88.3 cm³/mol. The van der Waals surface area contributed by atoms with Crippen molar-refractivity contribution in [3.8, 4) is 0 Å². The number of pyridine rings is 1. The monoisotopic (exact) mass is 317 g/mol. The molecule has 6 heteroatoms. The van der Waals surface area contributed by atoms with E-state index in [2.05, 4.69) is 10.3 Å². The molecule has 0 spiro atoms. The largest absolute Gasteiger partial charge is 0.463 e. The summed E-state index contributed by atoms with van der Waals surface area (Å²) in [5.41, 5.74) is 8.42. The van der Waals surface area contributed by atoms with Crippen LogP contribution in [0.25, 0.3) is 5.70 Å². The normalized spacial score (nSPS) is 11.1. The van der Waals surface area contributed by atoms with Gasteiger partial charge in [0.25, 0.3) is 0 Å². The quantitative estimate of drug-likeness (QED) is 0.502. The molecule has 0 atom stereocenters. The summed E-state index contributed by atoms with van der Waals surface area (Å²) in [5, 5.41) is 3.67. The minimum Gasteiger partial charge on any atom is -0.463 e. The highest BCUT2D eigenvalue weighted by Gasteiger charge is 2.08. The number of nitrogen functional groups attached to an aromatic ring is 1. The molecule has 1 aromatic carbocycles. The molecule has 0 fully saturated rings. The third-order valence-electron chi connectivity index (χ3n) is 2.82. The predicted octanol–water partition coefficient (Wildman–Crippen LogP) is 3.33. The molecule has 0 amide bonds. The van der Waals surface area contributed by atoms with Gasteiger partial charge >= 0.3 is 5.97 Å². The molecule has 0 saturated heterocycles. The Kier molecular flexibility index (Phi) is 5.38. The second-order valence-corrected chi connectivity index (χ2v) is 4.84. The number of aromatic nitrogens is 1. The number of anilines is 2. The van der Waals surface area contributed by atoms with E-state index < -0.39 is 5.97 Å². The van der Waals surface area contributed by atoms with Crippen molar-refractivity contribution in [1.82, 2.24) is 4.98 Å². The summed E-state index contributed by atoms with van der Waals surface area (Å²) in [6.45, 7) is 2.06. The maximum Gasteiger partial charge on any atom is 0.332 e. The highest BCUT2D eigenvalue weighted by Crippen LogP contribution is 2.26. The smallest absolute Gasteiger partial charge is 0.332 e. The van der Waals surface area contributed by atoms with Gasteiger partial charge in [-0.3, -0.25) is 4.98 Å². The second-order valence-electron chi connectivity index (χ2n) is 4.40. The van der Waals surface area contributed by atoms with Gasteiger partial charge in [-0.15, -0.1) is 0 Å². The van der Waals surface area contributed by atoms with Crippen LogP contribution in [0.2, 0.25) is 5.02 Å². The molecule has 2 rings (SSSR count). The van der Waals surface area contributed by atoms with Gasteiger partial charge in [0.15, 0.2) is 0 Å². The Balaban J connectivity index is 2.34. The molecule has 1 aromatic heterocycles. The SMILES string of the molecule is CCOC(=O)/C=C(/Nc1ccc(Cl)cc1N)c1ccncc1. The van der Waals surface area contributed by atoms with Gasteiger partial charge < -0.3 is 15.8 Å². The first-order valence-corrected chi connectivity index (χ1v) is 7.09. The van der Waals surface area contributed by atoms with Crippen LogP contribution >= 0.6 is 11.6 Å². The van der Waals surface area contributed by atoms with E-state index in [0.717, 1.165) is 5.56 Å². The number of carbonyl (C=O) groups is 1. The van der Waals surface area contributed by atoms with E-state index in [-0.39, 0.29) is 0 Å². The van der Waals surface area contributed by atoms with Crippen molar-refractivity contribution in [1.29, 1.82) is 0 Å². The number of halogens is 1. The van der Waals surface area contributed by atoms with Crippen molar-refractivity contribution in [2.45, 2.75) is 6.92 Å². The highest BCUT2D eigenvalue weighted by atomic mass is 35.5. The van der Waals surface area contributed by atoms with Crippen LogP contribution in [-0.2, 0) is 9.53 Å². The fraction of sp³-hybridized carbons (Fsp3) is 0.125. The van der Waals surface area contributed by atoms with Gasteiger partial charge in [-0.1, -0.05) is 11.6 Å². The summed E-state index contributed by atoms with van der Waals surface area (Å²) in [6, 6.07) is 8.67. The number of benzene rings is 1. The Labute approximate surface area is 133 Å². The zero-order chi connectivity index (χ0) is 15.9. The van der Waals surface area contributed by atoms with Crippen molar-refractivity contribution in [2.24, 2.45) is 0 Å². The summed E-state index contributed by atoms with van der Waals surface area (Å²) in [4.78, 5) is 15.7. The van der Waals surface area contributed by atoms with E-state index in [0.29, 0.717) is 28.7 Å². The number of nitrogens with zero attached hydrogens (tertiary/aromatic N) is 1. The molecule has 0 saturated carbocycles. The second kappa shape index (κ2) is 7.47. The average molecular weight is 318 g/mol. The van der Waals surface area contributed by atoms with E-state index in [4.69, 9.17) is 22.1 Å². The molecule has 22 heavy (non-hydrogen) atoms. The molecule has 0 radical (unpaired) electrons. The minimum atomic E-state index is -0.436. The van der Waals surface area contributed by atoms with E-state index in [9.17, 15) is 4.79 Å². The van der Waals surface area contributed by atoms with Crippen LogP contribution < -0.4 is 11.1 Å². The lowest BCUT2D eigenvalue weighted by Gasteiger charge is -2.13. The maximum absolute atomic E-state index is 11.7. The van der Waals surface area contributed by atoms with E-state index >= 15 is 0 Å². The van der Waals surface area contributed by atoms with Gasteiger partial charge in [-0.05, 0) is 37.3 Å². The Morgan fingerprint density at radius 1 is 1.36 bits per heavy atom. The van der Waals surface area contributed by atoms with E-state index in [1.807, 2.05) is 0 Å². The summed E-state index contributed by atoms with van der Waals surface area (Å²) in [7, 11) is 0. The van der Waals surface area contributed by atoms with Crippen LogP contribution in [0.3, 0.4) is 0 Å². The number of rotatable bonds is 5. The number of hydrogen-bond acceptors (Lipinski definition) is 5. The number of ether oxygens (including phenoxy) is 1. The van der Waals surface area contributed by atoms with Crippen molar-refractivity contribution in [3.63, 3.8) is 0 Å². The number of esters is 1. The first-order chi connectivity index (χ1) is 10.6. The first kappa shape index (κ1) is 15.9. The minimum absolute atomic E-state index is 0.308. The molecular formula is C16H16ClN3O2. The van der Waals surface area contributed by atoms with Crippen LogP contribution in [0.15, 0.2) is 48.8 Å². The fourth-order valence-electron chi connectivity index (χ4n) is 1.82. The van der Waals surface area contributed by atoms with E-state index in [1.54, 1.807) is 49.6 Å². The number of nitrogens with two attached hydrogens (primary N) is 1. The van der Waals surface area contributed by atoms with Gasteiger partial charge in [0.2, 0.25) is 0 Å². The molecule has 114 valence electrons. The van der Waals surface area contributed by atoms with Crippen LogP contribution in [0.1, 0.15) is 12.5 Å². The van der Waals surface area contributed by atoms with Crippen molar-refractivity contribution in [3.05, 3.63) is 59.4 Å². The number of carbonyl (C=O) groups excluding carboxylic acids is 1. The lowest BCUT2D eigenvalue weighted by molar-refractivity contribution is -0.137. The molecule has 5 nitrogen and oxygen atoms in total. The Morgan fingerprint density at radius 2 is 2.09 bits per heavy atom. The summed E-state index contributed by atoms with van der Waals surface area (Å²) in [5.74, 6) is -0.436. The third-order valence-corrected chi connectivity index (χ3v) is 3.06. The molecule has 1 heterocycles. The van der Waals surface area contributed by atoms with Gasteiger partial charge in [0, 0.05) is 29.1 Å². The third kappa shape index (κ3) is 4.23. The summed E-state index contributed by atoms with van der Waals surface area (Å²) < 4.78 is 4.96. The van der Waals surface area contributed by atoms with Crippen molar-refractivity contribution in [2.75, 3.05) is 17.7 Å². The zero-order valence-corrected chi connectivity index (χ0v) is 12.8. The standard InChI is InChI=1S/C16H16ClN3O2/c1-2-22-16(21)10-15(11-5-7-19-8-6-11)20-14-4-3-12(17)9-13(14)18/h3-10,20H,2,18H2,1H3/b15-10+. The molecule has 0 aliphatic carbocycles. The Bertz CT molecular complexity index is 687. The molecule has 0 bridgehead atoms. The van der Waals surface area contributed by atoms with Crippen molar-refractivity contribution >= 4 is 34.6 Å². The average Bonchev–Trinajstić information content (AvgIpc) is 2.50. The lowest BCUT2D eigenvalue weighted by atomic mass is 10.1. The molecule has 0 aliphatic heterocycles.